The molecular weight excluding hydrogens is 8380 g/mol. The fraction of sp³-hybridized carbons (Fsp3) is 0. The van der Waals surface area contributed by atoms with Gasteiger partial charge in [-0.25, -0.2) is 0 Å². The van der Waals surface area contributed by atoms with Crippen LogP contribution in [0.15, 0.2) is 0 Å². The standard InChI is InChI=1S/I66/c1-35(2)37(5)39(7)41(9)43(11)45(13)47(15)49(17)51(19)53(21)55(23)57(25)59(27)61(29)63(31)65(33)66(34)64(32)62(30)60(28)58(26)56(24)54(22)52(20)50(18)48(16)46(14)44(12)42(10)40(8)38(6)36(3)4. The first-order valence-electron chi connectivity index (χ1n) is 9.29. The van der Waals surface area contributed by atoms with Gasteiger partial charge in [0.1, 0.15) is 0 Å². The Morgan fingerprint density at radius 1 is 0.0758 bits per heavy atom. The molecule has 0 N–H and O–H groups in total. The molecule has 66 heavy (non-hydrogen) atoms. The van der Waals surface area contributed by atoms with Crippen LogP contribution in [0.2, 0.25) is 0 Å². The van der Waals surface area contributed by atoms with E-state index in [1.807, 2.05) is 0 Å². The summed E-state index contributed by atoms with van der Waals surface area (Å²) < 4.78 is 0. The van der Waals surface area contributed by atoms with E-state index < -0.39 is 253 Å². The topological polar surface area (TPSA) is 0 Å². The molecule has 0 heterocycles. The van der Waals surface area contributed by atoms with Crippen LogP contribution in [0, 0.1) is 0 Å². The molecule has 66 heteroatoms. The van der Waals surface area contributed by atoms with E-state index in [9.17, 15) is 0 Å². The molecule has 0 aliphatic carbocycles. The number of hydrogen-bond acceptors (Lipinski definition) is 0. The Kier molecular flexibility index (Phi) is 119. The molecular formula is I66. The number of rotatable bonds is 31. The second-order valence-corrected chi connectivity index (χ2v) is 1560. The first-order chi connectivity index (χ1) is 30.0. The molecule has 0 aromatic carbocycles. The molecule has 0 spiro atoms. The first-order valence-corrected chi connectivity index (χ1v) is 418. The van der Waals surface area contributed by atoms with E-state index in [1.165, 1.54) is 0 Å². The summed E-state index contributed by atoms with van der Waals surface area (Å²) in [5, 5.41) is 0. The average molecular weight is 8380 g/mol. The van der Waals surface area contributed by atoms with Gasteiger partial charge in [0.05, 0.1) is 0 Å². The molecule has 0 radical (unpaired) electrons. The van der Waals surface area contributed by atoms with Crippen molar-refractivity contribution >= 4 is 886 Å². The average Bonchev–Trinajstić information content (AvgIpc) is 3.30. The van der Waals surface area contributed by atoms with E-state index in [4.69, 9.17) is 0 Å². The van der Waals surface area contributed by atoms with Gasteiger partial charge < -0.3 is 0 Å². The van der Waals surface area contributed by atoms with Crippen molar-refractivity contribution in [2.45, 2.75) is 0 Å². The summed E-state index contributed by atoms with van der Waals surface area (Å²) in [6.07, 6.45) is 0. The second kappa shape index (κ2) is 68.5. The minimum absolute atomic E-state index is 0.477. The number of halogens is 66. The van der Waals surface area contributed by atoms with Gasteiger partial charge in [-0.1, -0.05) is 0 Å². The van der Waals surface area contributed by atoms with E-state index in [1.54, 1.807) is 0 Å². The van der Waals surface area contributed by atoms with Crippen molar-refractivity contribution in [3.8, 4) is 0 Å². The van der Waals surface area contributed by atoms with E-state index in [2.05, 4.69) is 633 Å². The van der Waals surface area contributed by atoms with E-state index in [0.717, 1.165) is 0 Å². The van der Waals surface area contributed by atoms with Crippen LogP contribution in [-0.2, 0) is 0 Å². The second-order valence-electron chi connectivity index (χ2n) is 5.18. The van der Waals surface area contributed by atoms with Gasteiger partial charge >= 0.3 is 886 Å². The van der Waals surface area contributed by atoms with Crippen molar-refractivity contribution in [1.29, 1.82) is 0 Å². The van der Waals surface area contributed by atoms with Crippen LogP contribution in [0.3, 0.4) is 0 Å². The third-order valence-electron chi connectivity index (χ3n) is 2.53. The van der Waals surface area contributed by atoms with Crippen LogP contribution < -0.4 is 0 Å². The molecule has 0 bridgehead atoms. The van der Waals surface area contributed by atoms with Crippen LogP contribution in [0.4, 0.5) is 0 Å². The Morgan fingerprint density at radius 2 is 0.121 bits per heavy atom. The Morgan fingerprint density at radius 3 is 0.167 bits per heavy atom. The third kappa shape index (κ3) is 46.8. The predicted octanol–water partition coefficient (Wildman–Crippen LogP) is 58.5. The molecule has 0 atom stereocenters. The molecule has 0 unspecified atom stereocenters. The zero-order valence-corrected chi connectivity index (χ0v) is 167. The van der Waals surface area contributed by atoms with E-state index in [0.29, 0.717) is 0 Å². The molecule has 0 rings (SSSR count). The van der Waals surface area contributed by atoms with Gasteiger partial charge in [-0.15, -0.1) is 0 Å². The molecule has 0 nitrogen and oxygen atoms in total. The van der Waals surface area contributed by atoms with Crippen molar-refractivity contribution in [1.82, 2.24) is 0 Å². The van der Waals surface area contributed by atoms with Crippen molar-refractivity contribution in [3.05, 3.63) is 0 Å². The quantitative estimate of drug-likeness (QED) is 0.0607. The fourth-order valence-corrected chi connectivity index (χ4v) is 12600. The molecule has 462 valence electrons. The Balaban J connectivity index is 5.72. The summed E-state index contributed by atoms with van der Waals surface area (Å²) >= 11 is 113. The van der Waals surface area contributed by atoms with Gasteiger partial charge in [-0.05, 0) is 0 Å². The van der Waals surface area contributed by atoms with Crippen LogP contribution in [0.25, 0.3) is 0 Å². The molecule has 0 aliphatic rings. The molecule has 0 aromatic heterocycles. The molecule has 0 aliphatic heterocycles. The van der Waals surface area contributed by atoms with Crippen LogP contribution in [-0.4, -0.2) is 0 Å². The summed E-state index contributed by atoms with van der Waals surface area (Å²) in [6, 6.07) is 0. The van der Waals surface area contributed by atoms with Gasteiger partial charge in [-0.2, -0.15) is 0 Å². The monoisotopic (exact) mass is 8380 g/mol. The fourth-order valence-electron chi connectivity index (χ4n) is 0.926. The molecule has 0 amide bonds. The maximum atomic E-state index is 3.43. The normalized spacial score (nSPS) is 19.0. The van der Waals surface area contributed by atoms with Gasteiger partial charge in [0.15, 0.2) is 0 Å². The first kappa shape index (κ1) is 114. The van der Waals surface area contributed by atoms with Crippen LogP contribution in [0.5, 0.6) is 0 Å². The predicted molar refractivity (Wildman–Crippen MR) is 925 cm³/mol. The molecule has 0 aromatic rings. The zero-order chi connectivity index (χ0) is 52.5. The van der Waals surface area contributed by atoms with Gasteiger partial charge in [0, 0.05) is 0 Å². The van der Waals surface area contributed by atoms with E-state index >= 15 is 0 Å². The Bertz CT molecular complexity index is 1160. The third-order valence-corrected chi connectivity index (χ3v) is 5120. The minimum atomic E-state index is -0.615. The van der Waals surface area contributed by atoms with E-state index in [-0.39, 0.29) is 0 Å². The van der Waals surface area contributed by atoms with Crippen LogP contribution >= 0.6 is 886 Å². The van der Waals surface area contributed by atoms with Gasteiger partial charge in [-0.3, -0.25) is 0 Å². The van der Waals surface area contributed by atoms with Gasteiger partial charge in [0.2, 0.25) is 0 Å². The Labute approximate surface area is 832 Å². The van der Waals surface area contributed by atoms with Crippen LogP contribution in [0.1, 0.15) is 0 Å². The molecule has 0 saturated heterocycles. The van der Waals surface area contributed by atoms with Gasteiger partial charge in [0.25, 0.3) is 0 Å². The van der Waals surface area contributed by atoms with Crippen molar-refractivity contribution in [2.75, 3.05) is 0 Å². The summed E-state index contributed by atoms with van der Waals surface area (Å²) in [5.74, 6) is 0. The SMILES string of the molecule is II(I)I(I)I(I)I(I)I(I)I(I)I(I)I(I)I(I)I(I)I(I)I(I)I(I)I(I)I(I)I(I)I(I)I(I)I(I)I(I)I(I)I(I)I(I)I(I)I(I)I(I)I(I)I(I)I(I)I(I)I(I)I(I)I. The van der Waals surface area contributed by atoms with Crippen molar-refractivity contribution < 1.29 is 0 Å². The summed E-state index contributed by atoms with van der Waals surface area (Å²) in [4.78, 5) is 0. The number of hydrogen-bond donors (Lipinski definition) is 0. The zero-order valence-electron chi connectivity index (χ0n) is 24.9. The van der Waals surface area contributed by atoms with Crippen molar-refractivity contribution in [2.24, 2.45) is 0 Å². The molecule has 0 fully saturated rings. The summed E-state index contributed by atoms with van der Waals surface area (Å²) in [5.41, 5.74) is 0. The summed E-state index contributed by atoms with van der Waals surface area (Å²) in [7, 11) is -18.2. The Hall–Kier alpha value is 48.2. The maximum absolute atomic E-state index is 3.43. The van der Waals surface area contributed by atoms with Crippen molar-refractivity contribution in [3.63, 3.8) is 0 Å². The molecule has 0 saturated carbocycles. The summed E-state index contributed by atoms with van der Waals surface area (Å²) in [6.45, 7) is 0.